The lowest BCUT2D eigenvalue weighted by Gasteiger charge is -2.15. The summed E-state index contributed by atoms with van der Waals surface area (Å²) in [5, 5.41) is 7.34. The molecule has 2 aromatic heterocycles. The standard InChI is InChI=1S/C15H15ClFN3O3S2.C15H19ClN4O3/c1-23-13(21)8-24-12-7-11(10(17)6-9(12)16)18-14-19-4-2-3-5-20(19)15(22)25-14;1-15(2,3)12-18-20(14(22)23-12)11-7-6-9(8-10(11)16)17-13(21)19(4)5/h6-7H,2-5,8H2,1H3;6-8H,1-5H3,(H,17,21)/b18-14-;. The molecule has 1 N–H and O–H groups in total. The predicted octanol–water partition coefficient (Wildman–Crippen LogP) is 5.67. The van der Waals surface area contributed by atoms with Crippen LogP contribution in [0, 0.1) is 5.82 Å². The highest BCUT2D eigenvalue weighted by Gasteiger charge is 2.24. The van der Waals surface area contributed by atoms with Crippen molar-refractivity contribution in [1.82, 2.24) is 24.0 Å². The number of ether oxygens (including phenoxy) is 1. The summed E-state index contributed by atoms with van der Waals surface area (Å²) < 4.78 is 28.5. The van der Waals surface area contributed by atoms with E-state index in [1.165, 1.54) is 18.1 Å². The number of carbonyl (C=O) groups excluding carboxylic acids is 2. The number of fused-ring (bicyclic) bond motifs is 1. The molecular formula is C30H34Cl2FN7O6S2. The highest BCUT2D eigenvalue weighted by molar-refractivity contribution is 8.00. The van der Waals surface area contributed by atoms with E-state index in [0.29, 0.717) is 40.1 Å². The summed E-state index contributed by atoms with van der Waals surface area (Å²) in [6.45, 7) is 7.00. The van der Waals surface area contributed by atoms with Gasteiger partial charge in [-0.05, 0) is 54.5 Å². The lowest BCUT2D eigenvalue weighted by molar-refractivity contribution is -0.137. The second kappa shape index (κ2) is 15.6. The normalized spacial score (nSPS) is 13.0. The predicted molar refractivity (Wildman–Crippen MR) is 184 cm³/mol. The van der Waals surface area contributed by atoms with Gasteiger partial charge in [-0.3, -0.25) is 14.3 Å². The van der Waals surface area contributed by atoms with Crippen LogP contribution in [0.2, 0.25) is 10.0 Å². The molecule has 0 fully saturated rings. The molecule has 0 atom stereocenters. The van der Waals surface area contributed by atoms with E-state index in [0.717, 1.165) is 46.7 Å². The fourth-order valence-corrected chi connectivity index (χ4v) is 6.40. The molecule has 3 heterocycles. The van der Waals surface area contributed by atoms with E-state index in [2.05, 4.69) is 20.1 Å². The Kier molecular flexibility index (Phi) is 12.0. The van der Waals surface area contributed by atoms with Gasteiger partial charge in [-0.1, -0.05) is 44.0 Å². The summed E-state index contributed by atoms with van der Waals surface area (Å²) in [5.41, 5.74) is 0.597. The number of nitrogens with one attached hydrogen (secondary N) is 1. The van der Waals surface area contributed by atoms with Crippen molar-refractivity contribution in [3.63, 3.8) is 0 Å². The van der Waals surface area contributed by atoms with Gasteiger partial charge in [0.05, 0.1) is 28.6 Å². The minimum absolute atomic E-state index is 0.0605. The fourth-order valence-electron chi connectivity index (χ4n) is 4.16. The number of methoxy groups -OCH3 is 1. The van der Waals surface area contributed by atoms with Crippen LogP contribution in [0.3, 0.4) is 0 Å². The molecule has 5 rings (SSSR count). The number of rotatable bonds is 6. The van der Waals surface area contributed by atoms with Gasteiger partial charge in [0, 0.05) is 43.2 Å². The van der Waals surface area contributed by atoms with E-state index in [9.17, 15) is 23.6 Å². The van der Waals surface area contributed by atoms with Crippen LogP contribution in [0.4, 0.5) is 20.6 Å². The molecule has 48 heavy (non-hydrogen) atoms. The minimum atomic E-state index is -0.609. The summed E-state index contributed by atoms with van der Waals surface area (Å²) in [4.78, 5) is 53.5. The summed E-state index contributed by atoms with van der Waals surface area (Å²) in [6, 6.07) is 7.16. The van der Waals surface area contributed by atoms with Crippen LogP contribution in [0.1, 0.15) is 39.5 Å². The molecule has 2 amide bonds. The van der Waals surface area contributed by atoms with Crippen LogP contribution in [0.15, 0.2) is 54.2 Å². The lowest BCUT2D eigenvalue weighted by Crippen LogP contribution is -2.31. The Bertz CT molecular complexity index is 2010. The maximum Gasteiger partial charge on any atom is 0.442 e. The molecule has 2 aromatic carbocycles. The molecule has 0 saturated carbocycles. The van der Waals surface area contributed by atoms with Crippen LogP contribution in [0.25, 0.3) is 5.69 Å². The van der Waals surface area contributed by atoms with Crippen molar-refractivity contribution in [2.45, 2.75) is 57.0 Å². The van der Waals surface area contributed by atoms with Gasteiger partial charge >= 0.3 is 22.6 Å². The van der Waals surface area contributed by atoms with E-state index in [1.807, 2.05) is 20.8 Å². The smallest absolute Gasteiger partial charge is 0.442 e. The van der Waals surface area contributed by atoms with Crippen LogP contribution in [-0.4, -0.2) is 63.0 Å². The Balaban J connectivity index is 0.000000218. The molecule has 18 heteroatoms. The maximum absolute atomic E-state index is 14.3. The highest BCUT2D eigenvalue weighted by atomic mass is 35.5. The number of carbonyl (C=O) groups is 2. The quantitative estimate of drug-likeness (QED) is 0.197. The van der Waals surface area contributed by atoms with Gasteiger partial charge < -0.3 is 19.4 Å². The second-order valence-corrected chi connectivity index (χ2v) is 14.4. The largest absolute Gasteiger partial charge is 0.468 e. The number of halogens is 3. The fraction of sp³-hybridized carbons (Fsp3) is 0.400. The molecule has 258 valence electrons. The third-order valence-electron chi connectivity index (χ3n) is 6.70. The van der Waals surface area contributed by atoms with Gasteiger partial charge in [-0.2, -0.15) is 4.68 Å². The molecule has 0 aliphatic carbocycles. The third kappa shape index (κ3) is 8.98. The van der Waals surface area contributed by atoms with Crippen molar-refractivity contribution in [2.75, 3.05) is 32.3 Å². The van der Waals surface area contributed by atoms with Gasteiger partial charge in [0.15, 0.2) is 0 Å². The summed E-state index contributed by atoms with van der Waals surface area (Å²) in [5.74, 6) is -1.21. The number of hydrogen-bond donors (Lipinski definition) is 1. The zero-order chi connectivity index (χ0) is 35.3. The first-order chi connectivity index (χ1) is 22.6. The van der Waals surface area contributed by atoms with Crippen LogP contribution >= 0.6 is 46.3 Å². The number of thioether (sulfide) groups is 1. The summed E-state index contributed by atoms with van der Waals surface area (Å²) in [7, 11) is 4.56. The summed E-state index contributed by atoms with van der Waals surface area (Å²) in [6.07, 6.45) is 1.90. The Morgan fingerprint density at radius 3 is 2.42 bits per heavy atom. The molecular weight excluding hydrogens is 708 g/mol. The number of nitrogens with zero attached hydrogens (tertiary/aromatic N) is 6. The molecule has 1 aliphatic rings. The number of amides is 2. The van der Waals surface area contributed by atoms with Crippen molar-refractivity contribution in [2.24, 2.45) is 4.99 Å². The molecule has 0 radical (unpaired) electrons. The first-order valence-electron chi connectivity index (χ1n) is 14.5. The molecule has 4 aromatic rings. The number of esters is 1. The zero-order valence-electron chi connectivity index (χ0n) is 27.0. The highest BCUT2D eigenvalue weighted by Crippen LogP contribution is 2.33. The maximum atomic E-state index is 14.3. The Morgan fingerprint density at radius 1 is 1.12 bits per heavy atom. The molecule has 0 bridgehead atoms. The van der Waals surface area contributed by atoms with Crippen molar-refractivity contribution >= 4 is 69.7 Å². The van der Waals surface area contributed by atoms with Crippen molar-refractivity contribution < 1.29 is 23.1 Å². The number of benzene rings is 2. The number of urea groups is 1. The molecule has 0 saturated heterocycles. The Morgan fingerprint density at radius 2 is 1.81 bits per heavy atom. The van der Waals surface area contributed by atoms with Gasteiger partial charge in [-0.15, -0.1) is 16.9 Å². The van der Waals surface area contributed by atoms with E-state index in [4.69, 9.17) is 27.6 Å². The first-order valence-corrected chi connectivity index (χ1v) is 17.1. The van der Waals surface area contributed by atoms with Crippen LogP contribution < -0.4 is 20.7 Å². The average molecular weight is 743 g/mol. The number of hydrogen-bond acceptors (Lipinski definition) is 10. The van der Waals surface area contributed by atoms with Gasteiger partial charge in [-0.25, -0.2) is 23.7 Å². The Labute approximate surface area is 292 Å². The minimum Gasteiger partial charge on any atom is -0.468 e. The molecule has 0 spiro atoms. The van der Waals surface area contributed by atoms with Crippen molar-refractivity contribution in [3.05, 3.63) is 77.1 Å². The number of anilines is 1. The first kappa shape index (κ1) is 37.0. The van der Waals surface area contributed by atoms with E-state index < -0.39 is 23.0 Å². The SMILES string of the molecule is CN(C)C(=O)Nc1ccc(-n2nc(C(C)(C)C)oc2=O)c(Cl)c1.COC(=O)CSc1cc(/N=c2\sc(=O)n3n2CCCC3)c(F)cc1Cl. The van der Waals surface area contributed by atoms with Crippen LogP contribution in [-0.2, 0) is 28.0 Å². The van der Waals surface area contributed by atoms with Gasteiger partial charge in [0.2, 0.25) is 10.7 Å². The van der Waals surface area contributed by atoms with Crippen LogP contribution in [0.5, 0.6) is 0 Å². The molecule has 13 nitrogen and oxygen atoms in total. The Hall–Kier alpha value is -3.86. The average Bonchev–Trinajstić information content (AvgIpc) is 3.57. The zero-order valence-corrected chi connectivity index (χ0v) is 30.2. The summed E-state index contributed by atoms with van der Waals surface area (Å²) >= 11 is 14.4. The lowest BCUT2D eigenvalue weighted by atomic mass is 9.97. The van der Waals surface area contributed by atoms with Gasteiger partial charge in [0.1, 0.15) is 11.5 Å². The second-order valence-electron chi connectivity index (χ2n) is 11.6. The monoisotopic (exact) mass is 741 g/mol. The van der Waals surface area contributed by atoms with Gasteiger partial charge in [0.25, 0.3) is 0 Å². The van der Waals surface area contributed by atoms with Crippen molar-refractivity contribution in [1.29, 1.82) is 0 Å². The molecule has 1 aliphatic heterocycles. The van der Waals surface area contributed by atoms with E-state index >= 15 is 0 Å². The third-order valence-corrected chi connectivity index (χ3v) is 9.33. The molecule has 0 unspecified atom stereocenters. The number of aromatic nitrogens is 4. The van der Waals surface area contributed by atoms with E-state index in [1.54, 1.807) is 41.7 Å². The van der Waals surface area contributed by atoms with E-state index in [-0.39, 0.29) is 32.4 Å². The van der Waals surface area contributed by atoms with Crippen molar-refractivity contribution in [3.8, 4) is 5.69 Å². The topological polar surface area (TPSA) is 146 Å².